The maximum Gasteiger partial charge on any atom is 0.255 e. The Bertz CT molecular complexity index is 959. The molecule has 7 atom stereocenters. The Labute approximate surface area is 173 Å². The molecule has 0 radical (unpaired) electrons. The minimum atomic E-state index is -2.35. The lowest BCUT2D eigenvalue weighted by Crippen LogP contribution is -2.69. The zero-order valence-corrected chi connectivity index (χ0v) is 16.7. The number of aliphatic hydroxyl groups is 4. The summed E-state index contributed by atoms with van der Waals surface area (Å²) >= 11 is 0. The first kappa shape index (κ1) is 20.8. The molecule has 1 saturated carbocycles. The molecule has 0 aromatic heterocycles. The summed E-state index contributed by atoms with van der Waals surface area (Å²) in [6.07, 6.45) is -2.39. The van der Waals surface area contributed by atoms with Gasteiger partial charge in [0.1, 0.15) is 17.1 Å². The molecule has 0 spiro atoms. The third-order valence-corrected chi connectivity index (χ3v) is 7.11. The molecule has 3 aliphatic rings. The van der Waals surface area contributed by atoms with Crippen molar-refractivity contribution < 1.29 is 35.1 Å². The van der Waals surface area contributed by atoms with E-state index >= 15 is 0 Å². The summed E-state index contributed by atoms with van der Waals surface area (Å²) in [5.41, 5.74) is 3.22. The van der Waals surface area contributed by atoms with E-state index in [-0.39, 0.29) is 23.7 Å². The van der Waals surface area contributed by atoms with Crippen molar-refractivity contribution in [3.05, 3.63) is 40.7 Å². The summed E-state index contributed by atoms with van der Waals surface area (Å²) in [6.45, 7) is 0. The summed E-state index contributed by atoms with van der Waals surface area (Å²) < 4.78 is 0. The first-order valence-corrected chi connectivity index (χ1v) is 9.85. The molecule has 7 N–H and O–H groups in total. The fourth-order valence-electron chi connectivity index (χ4n) is 5.84. The monoisotopic (exact) mass is 418 g/mol. The van der Waals surface area contributed by atoms with Crippen molar-refractivity contribution in [1.82, 2.24) is 4.90 Å². The number of hydrogen-bond acceptors (Lipinski definition) is 8. The molecule has 0 saturated heterocycles. The molecule has 0 bridgehead atoms. The highest BCUT2D eigenvalue weighted by Gasteiger charge is 2.65. The second-order valence-corrected chi connectivity index (χ2v) is 8.81. The molecule has 162 valence electrons. The second-order valence-electron chi connectivity index (χ2n) is 8.81. The average Bonchev–Trinajstić information content (AvgIpc) is 2.64. The number of carbonyl (C=O) groups is 2. The number of nitrogens with two attached hydrogens (primary N) is 1. The first-order valence-electron chi connectivity index (χ1n) is 9.85. The number of fused-ring (bicyclic) bond motifs is 3. The van der Waals surface area contributed by atoms with Gasteiger partial charge in [-0.1, -0.05) is 12.1 Å². The Morgan fingerprint density at radius 2 is 1.90 bits per heavy atom. The number of rotatable bonds is 2. The van der Waals surface area contributed by atoms with Crippen molar-refractivity contribution in [2.24, 2.45) is 23.5 Å². The summed E-state index contributed by atoms with van der Waals surface area (Å²) in [7, 11) is 3.21. The molecule has 3 unspecified atom stereocenters. The lowest BCUT2D eigenvalue weighted by Gasteiger charge is -2.57. The lowest BCUT2D eigenvalue weighted by atomic mass is 9.53. The molecule has 1 aromatic rings. The van der Waals surface area contributed by atoms with E-state index in [4.69, 9.17) is 5.73 Å². The second kappa shape index (κ2) is 6.78. The quantitative estimate of drug-likeness (QED) is 0.338. The molecule has 9 nitrogen and oxygen atoms in total. The number of aromatic hydroxyl groups is 1. The zero-order valence-electron chi connectivity index (χ0n) is 16.7. The van der Waals surface area contributed by atoms with Crippen molar-refractivity contribution in [2.75, 3.05) is 14.1 Å². The van der Waals surface area contributed by atoms with Crippen LogP contribution < -0.4 is 5.73 Å². The number of hydrogen-bond donors (Lipinski definition) is 6. The van der Waals surface area contributed by atoms with Gasteiger partial charge < -0.3 is 31.3 Å². The fourth-order valence-corrected chi connectivity index (χ4v) is 5.84. The van der Waals surface area contributed by atoms with Crippen LogP contribution in [0.4, 0.5) is 0 Å². The van der Waals surface area contributed by atoms with Gasteiger partial charge in [-0.3, -0.25) is 14.5 Å². The number of primary amides is 1. The fraction of sp³-hybridized carbons (Fsp3) is 0.524. The number of likely N-dealkylation sites (N-methyl/N-ethyl adjacent to an activating group) is 1. The average molecular weight is 418 g/mol. The number of phenols is 1. The SMILES string of the molecule is CN(C)[C@@H]1C(=O)C(C(N)=O)=C(O)[C@@]2(O)C(O)C3C(O)c4c(O)cccc4C[C@H]3C[C@@H]12. The number of amides is 1. The Hall–Kier alpha value is -2.46. The molecule has 1 amide bonds. The van der Waals surface area contributed by atoms with Crippen LogP contribution in [0.1, 0.15) is 23.7 Å². The number of phenolic OH excluding ortho intramolecular Hbond substituents is 1. The minimum absolute atomic E-state index is 0.123. The van der Waals surface area contributed by atoms with Crippen molar-refractivity contribution >= 4 is 11.7 Å². The number of nitrogens with zero attached hydrogens (tertiary/aromatic N) is 1. The van der Waals surface area contributed by atoms with E-state index in [0.717, 1.165) is 5.56 Å². The van der Waals surface area contributed by atoms with Crippen LogP contribution in [0.2, 0.25) is 0 Å². The van der Waals surface area contributed by atoms with Gasteiger partial charge in [0, 0.05) is 17.4 Å². The Morgan fingerprint density at radius 3 is 2.50 bits per heavy atom. The highest BCUT2D eigenvalue weighted by Crippen LogP contribution is 2.56. The van der Waals surface area contributed by atoms with E-state index in [1.807, 2.05) is 0 Å². The maximum atomic E-state index is 13.0. The van der Waals surface area contributed by atoms with Crippen molar-refractivity contribution in [2.45, 2.75) is 36.7 Å². The molecule has 9 heteroatoms. The van der Waals surface area contributed by atoms with Crippen LogP contribution in [0.3, 0.4) is 0 Å². The van der Waals surface area contributed by atoms with Crippen LogP contribution in [0.25, 0.3) is 0 Å². The van der Waals surface area contributed by atoms with Crippen molar-refractivity contribution in [3.8, 4) is 5.75 Å². The number of carbonyl (C=O) groups excluding carboxylic acids is 2. The van der Waals surface area contributed by atoms with Crippen molar-refractivity contribution in [1.29, 1.82) is 0 Å². The standard InChI is InChI=1S/C21H26N2O7/c1-23(2)15-10-7-9-6-8-4-3-5-11(24)12(8)16(25)13(9)18(27)21(10,30)19(28)14(17(15)26)20(22)29/h3-5,9-10,13,15-16,18,24-25,27-28,30H,6-7H2,1-2H3,(H2,22,29)/t9-,10-,13?,15-,16?,18?,21-/m0/s1. The van der Waals surface area contributed by atoms with Gasteiger partial charge in [0.05, 0.1) is 18.2 Å². The van der Waals surface area contributed by atoms with Crippen LogP contribution in [0, 0.1) is 17.8 Å². The van der Waals surface area contributed by atoms with Gasteiger partial charge >= 0.3 is 0 Å². The van der Waals surface area contributed by atoms with Gasteiger partial charge in [-0.25, -0.2) is 0 Å². The van der Waals surface area contributed by atoms with E-state index < -0.39 is 58.7 Å². The molecule has 3 aliphatic carbocycles. The van der Waals surface area contributed by atoms with Crippen LogP contribution in [0.15, 0.2) is 29.5 Å². The van der Waals surface area contributed by atoms with E-state index in [1.165, 1.54) is 11.0 Å². The summed E-state index contributed by atoms with van der Waals surface area (Å²) in [5.74, 6) is -5.17. The first-order chi connectivity index (χ1) is 14.0. The molecule has 1 fully saturated rings. The highest BCUT2D eigenvalue weighted by atomic mass is 16.4. The summed E-state index contributed by atoms with van der Waals surface area (Å²) in [4.78, 5) is 26.4. The van der Waals surface area contributed by atoms with Crippen LogP contribution in [-0.2, 0) is 16.0 Å². The smallest absolute Gasteiger partial charge is 0.255 e. The number of aliphatic hydroxyl groups excluding tert-OH is 3. The van der Waals surface area contributed by atoms with Crippen LogP contribution in [-0.4, -0.2) is 74.0 Å². The molecule has 0 aliphatic heterocycles. The summed E-state index contributed by atoms with van der Waals surface area (Å²) in [6, 6.07) is 3.88. The normalized spacial score (nSPS) is 38.1. The predicted octanol–water partition coefficient (Wildman–Crippen LogP) is -0.864. The van der Waals surface area contributed by atoms with Crippen LogP contribution in [0.5, 0.6) is 5.75 Å². The van der Waals surface area contributed by atoms with Gasteiger partial charge in [0.25, 0.3) is 5.91 Å². The highest BCUT2D eigenvalue weighted by molar-refractivity contribution is 6.22. The predicted molar refractivity (Wildman–Crippen MR) is 104 cm³/mol. The minimum Gasteiger partial charge on any atom is -0.508 e. The van der Waals surface area contributed by atoms with Crippen molar-refractivity contribution in [3.63, 3.8) is 0 Å². The van der Waals surface area contributed by atoms with E-state index in [9.17, 15) is 35.1 Å². The molecular formula is C21H26N2O7. The molecule has 4 rings (SSSR count). The molecule has 0 heterocycles. The van der Waals surface area contributed by atoms with Gasteiger partial charge in [0.15, 0.2) is 11.4 Å². The molecule has 1 aromatic carbocycles. The third-order valence-electron chi connectivity index (χ3n) is 7.11. The van der Waals surface area contributed by atoms with Gasteiger partial charge in [-0.15, -0.1) is 0 Å². The largest absolute Gasteiger partial charge is 0.508 e. The summed E-state index contributed by atoms with van der Waals surface area (Å²) in [5, 5.41) is 54.8. The number of Topliss-reactive ketones (excluding diaryl/α,β-unsaturated/α-hetero) is 1. The molecule has 30 heavy (non-hydrogen) atoms. The maximum absolute atomic E-state index is 13.0. The third kappa shape index (κ3) is 2.56. The zero-order chi connectivity index (χ0) is 22.1. The van der Waals surface area contributed by atoms with Crippen LogP contribution >= 0.6 is 0 Å². The van der Waals surface area contributed by atoms with Gasteiger partial charge in [0.2, 0.25) is 0 Å². The Balaban J connectivity index is 1.89. The van der Waals surface area contributed by atoms with E-state index in [1.54, 1.807) is 26.2 Å². The molecular weight excluding hydrogens is 392 g/mol. The van der Waals surface area contributed by atoms with Gasteiger partial charge in [-0.2, -0.15) is 0 Å². The van der Waals surface area contributed by atoms with E-state index in [2.05, 4.69) is 0 Å². The number of ketones is 1. The Kier molecular flexibility index (Phi) is 4.70. The number of benzene rings is 1. The lowest BCUT2D eigenvalue weighted by molar-refractivity contribution is -0.208. The van der Waals surface area contributed by atoms with Gasteiger partial charge in [-0.05, 0) is 44.5 Å². The Morgan fingerprint density at radius 1 is 1.23 bits per heavy atom. The van der Waals surface area contributed by atoms with E-state index in [0.29, 0.717) is 6.42 Å². The topological polar surface area (TPSA) is 165 Å².